The average molecular weight is 295 g/mol. The van der Waals surface area contributed by atoms with E-state index in [9.17, 15) is 4.79 Å². The Morgan fingerprint density at radius 3 is 2.20 bits per heavy atom. The molecule has 0 unspecified atom stereocenters. The van der Waals surface area contributed by atoms with Crippen molar-refractivity contribution in [2.75, 3.05) is 20.2 Å². The Kier molecular flexibility index (Phi) is 5.62. The molecule has 20 heavy (non-hydrogen) atoms. The molecule has 0 fully saturated rings. The normalized spacial score (nSPS) is 11.1. The van der Waals surface area contributed by atoms with Crippen molar-refractivity contribution >= 4 is 14.2 Å². The van der Waals surface area contributed by atoms with Crippen LogP contribution in [0, 0.1) is 0 Å². The molecule has 1 aromatic carbocycles. The average Bonchev–Trinajstić information content (AvgIpc) is 2.38. The van der Waals surface area contributed by atoms with Gasteiger partial charge in [-0.25, -0.2) is 0 Å². The van der Waals surface area contributed by atoms with Crippen LogP contribution in [0.5, 0.6) is 11.5 Å². The SMILES string of the molecule is CCN(CC)C(=O)c1ccc(O[Si](C)(C)C)c(OC)c1. The number of amides is 1. The number of carbonyl (C=O) groups is 1. The molecule has 1 rings (SSSR count). The summed E-state index contributed by atoms with van der Waals surface area (Å²) in [5.41, 5.74) is 0.633. The first-order valence-corrected chi connectivity index (χ1v) is 10.4. The fourth-order valence-corrected chi connectivity index (χ4v) is 2.74. The first-order chi connectivity index (χ1) is 9.32. The van der Waals surface area contributed by atoms with Gasteiger partial charge in [0.05, 0.1) is 7.11 Å². The van der Waals surface area contributed by atoms with Crippen LogP contribution in [0.25, 0.3) is 0 Å². The third-order valence-electron chi connectivity index (χ3n) is 2.88. The molecule has 0 aliphatic heterocycles. The lowest BCUT2D eigenvalue weighted by molar-refractivity contribution is 0.0772. The summed E-state index contributed by atoms with van der Waals surface area (Å²) in [6.07, 6.45) is 0. The van der Waals surface area contributed by atoms with Gasteiger partial charge >= 0.3 is 0 Å². The van der Waals surface area contributed by atoms with E-state index < -0.39 is 8.32 Å². The van der Waals surface area contributed by atoms with Gasteiger partial charge in [-0.05, 0) is 51.7 Å². The molecule has 0 saturated carbocycles. The smallest absolute Gasteiger partial charge is 0.253 e. The van der Waals surface area contributed by atoms with Gasteiger partial charge in [0.2, 0.25) is 8.32 Å². The summed E-state index contributed by atoms with van der Waals surface area (Å²) in [6.45, 7) is 11.7. The van der Waals surface area contributed by atoms with Crippen molar-refractivity contribution in [2.45, 2.75) is 33.5 Å². The van der Waals surface area contributed by atoms with Crippen LogP contribution in [0.1, 0.15) is 24.2 Å². The molecule has 0 bridgehead atoms. The minimum atomic E-state index is -1.70. The van der Waals surface area contributed by atoms with Gasteiger partial charge in [-0.1, -0.05) is 0 Å². The molecular weight excluding hydrogens is 270 g/mol. The minimum absolute atomic E-state index is 0.0212. The van der Waals surface area contributed by atoms with Gasteiger partial charge < -0.3 is 14.1 Å². The van der Waals surface area contributed by atoms with Crippen molar-refractivity contribution in [2.24, 2.45) is 0 Å². The third-order valence-corrected chi connectivity index (χ3v) is 3.71. The number of rotatable bonds is 6. The van der Waals surface area contributed by atoms with Gasteiger partial charge in [0.15, 0.2) is 5.75 Å². The monoisotopic (exact) mass is 295 g/mol. The quantitative estimate of drug-likeness (QED) is 0.755. The molecule has 0 heterocycles. The summed E-state index contributed by atoms with van der Waals surface area (Å²) in [5, 5.41) is 0. The summed E-state index contributed by atoms with van der Waals surface area (Å²) in [4.78, 5) is 14.1. The van der Waals surface area contributed by atoms with Crippen LogP contribution < -0.4 is 9.16 Å². The van der Waals surface area contributed by atoms with Crippen molar-refractivity contribution < 1.29 is 14.0 Å². The lowest BCUT2D eigenvalue weighted by Crippen LogP contribution is -2.31. The molecule has 112 valence electrons. The minimum Gasteiger partial charge on any atom is -0.542 e. The number of carbonyl (C=O) groups excluding carboxylic acids is 1. The van der Waals surface area contributed by atoms with Gasteiger partial charge in [0.1, 0.15) is 5.75 Å². The van der Waals surface area contributed by atoms with Crippen molar-refractivity contribution in [3.8, 4) is 11.5 Å². The molecule has 0 radical (unpaired) electrons. The summed E-state index contributed by atoms with van der Waals surface area (Å²) in [6, 6.07) is 5.39. The van der Waals surface area contributed by atoms with Crippen LogP contribution in [0.2, 0.25) is 19.6 Å². The van der Waals surface area contributed by atoms with E-state index in [0.29, 0.717) is 30.2 Å². The second kappa shape index (κ2) is 6.79. The summed E-state index contributed by atoms with van der Waals surface area (Å²) in [5.74, 6) is 1.35. The highest BCUT2D eigenvalue weighted by molar-refractivity contribution is 6.70. The molecule has 1 amide bonds. The largest absolute Gasteiger partial charge is 0.542 e. The highest BCUT2D eigenvalue weighted by Gasteiger charge is 2.20. The summed E-state index contributed by atoms with van der Waals surface area (Å²) in [7, 11) is -0.106. The topological polar surface area (TPSA) is 38.8 Å². The van der Waals surface area contributed by atoms with E-state index in [0.717, 1.165) is 0 Å². The molecule has 5 heteroatoms. The van der Waals surface area contributed by atoms with Crippen molar-refractivity contribution in [3.05, 3.63) is 23.8 Å². The number of hydrogen-bond acceptors (Lipinski definition) is 3. The number of nitrogens with zero attached hydrogens (tertiary/aromatic N) is 1. The summed E-state index contributed by atoms with van der Waals surface area (Å²) >= 11 is 0. The number of methoxy groups -OCH3 is 1. The number of benzene rings is 1. The van der Waals surface area contributed by atoms with Crippen molar-refractivity contribution in [3.63, 3.8) is 0 Å². The van der Waals surface area contributed by atoms with Gasteiger partial charge in [0, 0.05) is 18.7 Å². The van der Waals surface area contributed by atoms with E-state index in [1.54, 1.807) is 24.1 Å². The van der Waals surface area contributed by atoms with Crippen LogP contribution in [0.15, 0.2) is 18.2 Å². The van der Waals surface area contributed by atoms with E-state index in [1.807, 2.05) is 19.9 Å². The Bertz CT molecular complexity index is 465. The molecule has 0 aliphatic rings. The van der Waals surface area contributed by atoms with E-state index in [2.05, 4.69) is 19.6 Å². The molecule has 0 atom stereocenters. The van der Waals surface area contributed by atoms with Crippen LogP contribution in [0.4, 0.5) is 0 Å². The predicted octanol–water partition coefficient (Wildman–Crippen LogP) is 3.39. The summed E-state index contributed by atoms with van der Waals surface area (Å²) < 4.78 is 11.3. The Morgan fingerprint density at radius 1 is 1.15 bits per heavy atom. The zero-order chi connectivity index (χ0) is 15.3. The van der Waals surface area contributed by atoms with Crippen LogP contribution in [-0.4, -0.2) is 39.3 Å². The zero-order valence-corrected chi connectivity index (χ0v) is 14.3. The second-order valence-electron chi connectivity index (χ2n) is 5.56. The second-order valence-corrected chi connectivity index (χ2v) is 9.99. The molecule has 1 aromatic rings. The van der Waals surface area contributed by atoms with Crippen LogP contribution in [0.3, 0.4) is 0 Å². The highest BCUT2D eigenvalue weighted by Crippen LogP contribution is 2.30. The molecule has 0 N–H and O–H groups in total. The van der Waals surface area contributed by atoms with E-state index >= 15 is 0 Å². The van der Waals surface area contributed by atoms with Gasteiger partial charge in [-0.2, -0.15) is 0 Å². The Labute approximate surface area is 122 Å². The lowest BCUT2D eigenvalue weighted by atomic mass is 10.1. The standard InChI is InChI=1S/C15H25NO3Si/c1-7-16(8-2)15(17)12-9-10-13(14(11-12)18-3)19-20(4,5)6/h9-11H,7-8H2,1-6H3. The predicted molar refractivity (Wildman–Crippen MR) is 84.2 cm³/mol. The van der Waals surface area contributed by atoms with Crippen molar-refractivity contribution in [1.29, 1.82) is 0 Å². The maximum Gasteiger partial charge on any atom is 0.253 e. The number of ether oxygens (including phenoxy) is 1. The highest BCUT2D eigenvalue weighted by atomic mass is 28.4. The maximum absolute atomic E-state index is 12.3. The first-order valence-electron chi connectivity index (χ1n) is 6.98. The fourth-order valence-electron chi connectivity index (χ4n) is 1.91. The Balaban J connectivity index is 3.06. The molecule has 0 aromatic heterocycles. The lowest BCUT2D eigenvalue weighted by Gasteiger charge is -2.22. The molecule has 0 aliphatic carbocycles. The number of hydrogen-bond donors (Lipinski definition) is 0. The van der Waals surface area contributed by atoms with Gasteiger partial charge in [-0.15, -0.1) is 0 Å². The van der Waals surface area contributed by atoms with E-state index in [4.69, 9.17) is 9.16 Å². The van der Waals surface area contributed by atoms with Crippen molar-refractivity contribution in [1.82, 2.24) is 4.90 Å². The van der Waals surface area contributed by atoms with Crippen LogP contribution >= 0.6 is 0 Å². The van der Waals surface area contributed by atoms with Gasteiger partial charge in [0.25, 0.3) is 5.91 Å². The molecule has 4 nitrogen and oxygen atoms in total. The van der Waals surface area contributed by atoms with E-state index in [-0.39, 0.29) is 5.91 Å². The molecule has 0 saturated heterocycles. The Morgan fingerprint density at radius 2 is 1.75 bits per heavy atom. The zero-order valence-electron chi connectivity index (χ0n) is 13.3. The molecule has 0 spiro atoms. The molecular formula is C15H25NO3Si. The third kappa shape index (κ3) is 4.26. The first kappa shape index (κ1) is 16.6. The van der Waals surface area contributed by atoms with Crippen LogP contribution in [-0.2, 0) is 0 Å². The van der Waals surface area contributed by atoms with E-state index in [1.165, 1.54) is 0 Å². The fraction of sp³-hybridized carbons (Fsp3) is 0.533. The Hall–Kier alpha value is -1.49. The van der Waals surface area contributed by atoms with Gasteiger partial charge in [-0.3, -0.25) is 4.79 Å². The maximum atomic E-state index is 12.3.